The van der Waals surface area contributed by atoms with E-state index in [-0.39, 0.29) is 5.91 Å². The van der Waals surface area contributed by atoms with E-state index in [1.165, 1.54) is 12.2 Å². The fourth-order valence-electron chi connectivity index (χ4n) is 1.72. The standard InChI is InChI=1S/C16H16N2O3/c1-11-4-3-5-13(10-11)16(20)18-17-15(19)9-8-14-7-6-12(2)21-14/h3-10H,1-2H3,(H,17,19)(H,18,20)/b9-8+. The van der Waals surface area contributed by atoms with Crippen LogP contribution in [0, 0.1) is 13.8 Å². The highest BCUT2D eigenvalue weighted by Crippen LogP contribution is 2.07. The van der Waals surface area contributed by atoms with Crippen LogP contribution in [0.15, 0.2) is 46.9 Å². The number of furan rings is 1. The van der Waals surface area contributed by atoms with Crippen molar-refractivity contribution in [3.05, 3.63) is 65.1 Å². The normalized spacial score (nSPS) is 10.6. The van der Waals surface area contributed by atoms with Crippen LogP contribution in [-0.2, 0) is 4.79 Å². The molecule has 0 spiro atoms. The van der Waals surface area contributed by atoms with E-state index in [2.05, 4.69) is 10.9 Å². The second-order valence-corrected chi connectivity index (χ2v) is 4.59. The van der Waals surface area contributed by atoms with Crippen LogP contribution in [0.5, 0.6) is 0 Å². The number of carbonyl (C=O) groups excluding carboxylic acids is 2. The first-order valence-corrected chi connectivity index (χ1v) is 6.46. The van der Waals surface area contributed by atoms with Crippen molar-refractivity contribution in [1.82, 2.24) is 10.9 Å². The van der Waals surface area contributed by atoms with E-state index in [1.54, 1.807) is 30.3 Å². The second-order valence-electron chi connectivity index (χ2n) is 4.59. The number of hydrogen-bond acceptors (Lipinski definition) is 3. The molecular weight excluding hydrogens is 268 g/mol. The average molecular weight is 284 g/mol. The highest BCUT2D eigenvalue weighted by molar-refractivity contribution is 5.97. The summed E-state index contributed by atoms with van der Waals surface area (Å²) in [6.45, 7) is 3.71. The molecule has 0 unspecified atom stereocenters. The Kier molecular flexibility index (Phi) is 4.56. The molecule has 0 atom stereocenters. The van der Waals surface area contributed by atoms with Gasteiger partial charge in [0, 0.05) is 11.6 Å². The van der Waals surface area contributed by atoms with Crippen molar-refractivity contribution in [2.45, 2.75) is 13.8 Å². The van der Waals surface area contributed by atoms with Gasteiger partial charge in [0.25, 0.3) is 11.8 Å². The molecule has 0 aliphatic heterocycles. The minimum absolute atomic E-state index is 0.366. The van der Waals surface area contributed by atoms with Gasteiger partial charge in [0.2, 0.25) is 0 Å². The molecule has 0 radical (unpaired) electrons. The molecule has 0 aliphatic rings. The first-order chi connectivity index (χ1) is 10.0. The molecule has 2 N–H and O–H groups in total. The van der Waals surface area contributed by atoms with Crippen LogP contribution in [0.25, 0.3) is 6.08 Å². The monoisotopic (exact) mass is 284 g/mol. The lowest BCUT2D eigenvalue weighted by Gasteiger charge is -2.05. The zero-order valence-corrected chi connectivity index (χ0v) is 11.8. The largest absolute Gasteiger partial charge is 0.462 e. The zero-order valence-electron chi connectivity index (χ0n) is 11.8. The molecule has 0 saturated carbocycles. The summed E-state index contributed by atoms with van der Waals surface area (Å²) < 4.78 is 5.29. The highest BCUT2D eigenvalue weighted by atomic mass is 16.3. The Morgan fingerprint density at radius 2 is 1.90 bits per heavy atom. The maximum Gasteiger partial charge on any atom is 0.269 e. The summed E-state index contributed by atoms with van der Waals surface area (Å²) in [6.07, 6.45) is 2.82. The maximum absolute atomic E-state index is 11.8. The van der Waals surface area contributed by atoms with Crippen molar-refractivity contribution in [1.29, 1.82) is 0 Å². The molecule has 2 amide bonds. The zero-order chi connectivity index (χ0) is 15.2. The molecule has 0 saturated heterocycles. The van der Waals surface area contributed by atoms with Crippen LogP contribution in [0.4, 0.5) is 0 Å². The number of benzene rings is 1. The van der Waals surface area contributed by atoms with Gasteiger partial charge in [-0.05, 0) is 44.2 Å². The van der Waals surface area contributed by atoms with Gasteiger partial charge in [-0.3, -0.25) is 20.4 Å². The number of hydrazine groups is 1. The van der Waals surface area contributed by atoms with E-state index >= 15 is 0 Å². The van der Waals surface area contributed by atoms with E-state index in [0.29, 0.717) is 11.3 Å². The fraction of sp³-hybridized carbons (Fsp3) is 0.125. The van der Waals surface area contributed by atoms with Crippen molar-refractivity contribution >= 4 is 17.9 Å². The lowest BCUT2D eigenvalue weighted by molar-refractivity contribution is -0.117. The van der Waals surface area contributed by atoms with Crippen molar-refractivity contribution in [3.8, 4) is 0 Å². The SMILES string of the molecule is Cc1cccc(C(=O)NNC(=O)/C=C/c2ccc(C)o2)c1. The van der Waals surface area contributed by atoms with Gasteiger partial charge in [0.1, 0.15) is 11.5 Å². The van der Waals surface area contributed by atoms with Gasteiger partial charge in [0.15, 0.2) is 0 Å². The molecule has 1 heterocycles. The summed E-state index contributed by atoms with van der Waals surface area (Å²) in [5.74, 6) is 0.537. The quantitative estimate of drug-likeness (QED) is 0.671. The van der Waals surface area contributed by atoms with Crippen molar-refractivity contribution in [2.75, 3.05) is 0 Å². The topological polar surface area (TPSA) is 71.3 Å². The van der Waals surface area contributed by atoms with Crippen LogP contribution in [0.2, 0.25) is 0 Å². The number of aryl methyl sites for hydroxylation is 2. The van der Waals surface area contributed by atoms with Crippen LogP contribution >= 0.6 is 0 Å². The molecule has 108 valence electrons. The summed E-state index contributed by atoms with van der Waals surface area (Å²) >= 11 is 0. The van der Waals surface area contributed by atoms with Gasteiger partial charge in [-0.25, -0.2) is 0 Å². The van der Waals surface area contributed by atoms with E-state index < -0.39 is 5.91 Å². The molecule has 0 bridgehead atoms. The molecule has 0 fully saturated rings. The maximum atomic E-state index is 11.8. The average Bonchev–Trinajstić information content (AvgIpc) is 2.88. The second kappa shape index (κ2) is 6.56. The fourth-order valence-corrected chi connectivity index (χ4v) is 1.72. The van der Waals surface area contributed by atoms with E-state index in [9.17, 15) is 9.59 Å². The smallest absolute Gasteiger partial charge is 0.269 e. The minimum atomic E-state index is -0.440. The summed E-state index contributed by atoms with van der Waals surface area (Å²) in [7, 11) is 0. The lowest BCUT2D eigenvalue weighted by Crippen LogP contribution is -2.40. The van der Waals surface area contributed by atoms with Crippen LogP contribution in [0.3, 0.4) is 0 Å². The molecule has 5 nitrogen and oxygen atoms in total. The number of rotatable bonds is 3. The third-order valence-electron chi connectivity index (χ3n) is 2.74. The summed E-state index contributed by atoms with van der Waals surface area (Å²) in [5.41, 5.74) is 6.12. The Balaban J connectivity index is 1.86. The third-order valence-corrected chi connectivity index (χ3v) is 2.74. The predicted molar refractivity (Wildman–Crippen MR) is 79.3 cm³/mol. The van der Waals surface area contributed by atoms with Crippen LogP contribution < -0.4 is 10.9 Å². The van der Waals surface area contributed by atoms with Gasteiger partial charge in [-0.1, -0.05) is 17.7 Å². The van der Waals surface area contributed by atoms with Gasteiger partial charge < -0.3 is 4.42 Å². The lowest BCUT2D eigenvalue weighted by atomic mass is 10.1. The number of nitrogens with one attached hydrogen (secondary N) is 2. The Labute approximate surface area is 122 Å². The van der Waals surface area contributed by atoms with Gasteiger partial charge in [-0.15, -0.1) is 0 Å². The molecule has 0 aliphatic carbocycles. The minimum Gasteiger partial charge on any atom is -0.462 e. The Morgan fingerprint density at radius 3 is 2.57 bits per heavy atom. The first-order valence-electron chi connectivity index (χ1n) is 6.46. The van der Waals surface area contributed by atoms with Gasteiger partial charge >= 0.3 is 0 Å². The van der Waals surface area contributed by atoms with E-state index in [1.807, 2.05) is 19.9 Å². The van der Waals surface area contributed by atoms with E-state index in [4.69, 9.17) is 4.42 Å². The number of amides is 2. The molecule has 2 aromatic rings. The molecule has 2 rings (SSSR count). The Bertz CT molecular complexity index is 686. The number of hydrogen-bond donors (Lipinski definition) is 2. The summed E-state index contributed by atoms with van der Waals surface area (Å²) in [6, 6.07) is 10.6. The molecule has 5 heteroatoms. The van der Waals surface area contributed by atoms with Crippen molar-refractivity contribution < 1.29 is 14.0 Å². The number of carbonyl (C=O) groups is 2. The molecule has 21 heavy (non-hydrogen) atoms. The first kappa shape index (κ1) is 14.6. The van der Waals surface area contributed by atoms with Crippen molar-refractivity contribution in [2.24, 2.45) is 0 Å². The highest BCUT2D eigenvalue weighted by Gasteiger charge is 2.05. The summed E-state index contributed by atoms with van der Waals surface area (Å²) in [5, 5.41) is 0. The van der Waals surface area contributed by atoms with E-state index in [0.717, 1.165) is 11.3 Å². The van der Waals surface area contributed by atoms with Crippen LogP contribution in [0.1, 0.15) is 27.4 Å². The Morgan fingerprint density at radius 1 is 1.10 bits per heavy atom. The van der Waals surface area contributed by atoms with Gasteiger partial charge in [0.05, 0.1) is 0 Å². The third kappa shape index (κ3) is 4.35. The summed E-state index contributed by atoms with van der Waals surface area (Å²) in [4.78, 5) is 23.4. The molecule has 1 aromatic carbocycles. The molecule has 1 aromatic heterocycles. The van der Waals surface area contributed by atoms with Crippen LogP contribution in [-0.4, -0.2) is 11.8 Å². The van der Waals surface area contributed by atoms with Gasteiger partial charge in [-0.2, -0.15) is 0 Å². The molecular formula is C16H16N2O3. The van der Waals surface area contributed by atoms with Crippen molar-refractivity contribution in [3.63, 3.8) is 0 Å². The Hall–Kier alpha value is -2.82. The predicted octanol–water partition coefficient (Wildman–Crippen LogP) is 2.37.